The Labute approximate surface area is 435 Å². The summed E-state index contributed by atoms with van der Waals surface area (Å²) in [5.74, 6) is -5.35. The van der Waals surface area contributed by atoms with Crippen molar-refractivity contribution in [3.05, 3.63) is 117 Å². The van der Waals surface area contributed by atoms with Crippen LogP contribution in [-0.2, 0) is 22.2 Å². The molecule has 75 heavy (non-hydrogen) atoms. The molecule has 10 rings (SSSR count). The quantitative estimate of drug-likeness (QED) is 0.0792. The third-order valence-electron chi connectivity index (χ3n) is 16.0. The molecule has 0 radical (unpaired) electrons. The number of halogens is 5. The number of aromatic nitrogens is 2. The minimum atomic E-state index is -1.25. The van der Waals surface area contributed by atoms with E-state index in [0.29, 0.717) is 56.9 Å². The molecule has 5 aromatic rings. The molecule has 1 saturated carbocycles. The first kappa shape index (κ1) is 51.8. The molecule has 15 nitrogen and oxygen atoms in total. The van der Waals surface area contributed by atoms with Gasteiger partial charge in [-0.3, -0.25) is 29.3 Å². The number of likely N-dealkylation sites (tertiary alicyclic amines) is 2. The van der Waals surface area contributed by atoms with Crippen LogP contribution in [0.15, 0.2) is 66.9 Å². The largest absolute Gasteiger partial charge is 0.488 e. The second-order valence-electron chi connectivity index (χ2n) is 20.4. The maximum absolute atomic E-state index is 16.4. The van der Waals surface area contributed by atoms with E-state index in [1.54, 1.807) is 7.05 Å². The Morgan fingerprint density at radius 3 is 2.40 bits per heavy atom. The number of anilines is 1. The molecule has 5 N–H and O–H groups in total. The molecule has 5 aliphatic rings. The number of primary amides is 1. The van der Waals surface area contributed by atoms with E-state index in [4.69, 9.17) is 26.8 Å². The van der Waals surface area contributed by atoms with E-state index in [1.807, 2.05) is 54.4 Å². The standard InChI is InChI=1S/C55H59ClF4N8O7/c1-30-43-41(27-39(58)47(56)46(43)45-36(51(61)71)12-13-40(48(45)59)74-25-24-69)75-55(30,34-6-4-3-5-7-34)18-19-62-35-10-8-32(9-11-35)53(72)67-21-14-31(15-22-67)28-66-20-16-33(29-66)44-38(57)26-37-50(49(44)60)65(2)64-52(37)68-23-17-42(70)63-54(68)73/h3-7,12-13,18-19,26-27,30-33,35,62,69H,8-11,14-17,20-25,28-29H2,1-2H3,(H2,61,71)(H,63,70,73)/b19-18-/t30-,32?,33-,35?,55-/m0/s1. The number of nitrogens with zero attached hydrogens (tertiary/aromatic N) is 5. The van der Waals surface area contributed by atoms with E-state index in [9.17, 15) is 24.3 Å². The van der Waals surface area contributed by atoms with Crippen molar-refractivity contribution < 1.29 is 51.3 Å². The zero-order chi connectivity index (χ0) is 52.9. The molecule has 1 aliphatic carbocycles. The fraction of sp³-hybridized carbons (Fsp3) is 0.436. The van der Waals surface area contributed by atoms with Crippen molar-refractivity contribution in [1.82, 2.24) is 30.2 Å². The maximum Gasteiger partial charge on any atom is 0.329 e. The summed E-state index contributed by atoms with van der Waals surface area (Å²) in [7, 11) is 1.55. The number of aryl methyl sites for hydroxylation is 1. The lowest BCUT2D eigenvalue weighted by Crippen LogP contribution is -2.49. The lowest BCUT2D eigenvalue weighted by Gasteiger charge is -2.37. The molecule has 3 saturated heterocycles. The fourth-order valence-corrected chi connectivity index (χ4v) is 12.4. The normalized spacial score (nSPS) is 23.5. The number of ether oxygens (including phenoxy) is 2. The number of nitrogens with one attached hydrogen (secondary N) is 2. The number of hydrogen-bond acceptors (Lipinski definition) is 10. The zero-order valence-electron chi connectivity index (χ0n) is 41.7. The number of urea groups is 1. The van der Waals surface area contributed by atoms with E-state index in [1.165, 1.54) is 27.8 Å². The summed E-state index contributed by atoms with van der Waals surface area (Å²) >= 11 is 6.69. The summed E-state index contributed by atoms with van der Waals surface area (Å²) in [4.78, 5) is 56.4. The van der Waals surface area contributed by atoms with Crippen LogP contribution < -0.4 is 30.7 Å². The minimum Gasteiger partial charge on any atom is -0.488 e. The molecule has 0 spiro atoms. The fourth-order valence-electron chi connectivity index (χ4n) is 12.1. The van der Waals surface area contributed by atoms with Gasteiger partial charge in [0.2, 0.25) is 17.7 Å². The van der Waals surface area contributed by atoms with Crippen LogP contribution in [0.1, 0.15) is 97.2 Å². The monoisotopic (exact) mass is 1050 g/mol. The van der Waals surface area contributed by atoms with Gasteiger partial charge in [-0.2, -0.15) is 5.10 Å². The Hall–Kier alpha value is -6.70. The molecule has 396 valence electrons. The van der Waals surface area contributed by atoms with Crippen LogP contribution in [0.25, 0.3) is 22.0 Å². The van der Waals surface area contributed by atoms with Crippen molar-refractivity contribution in [1.29, 1.82) is 0 Å². The Morgan fingerprint density at radius 2 is 1.69 bits per heavy atom. The molecule has 0 unspecified atom stereocenters. The predicted molar refractivity (Wildman–Crippen MR) is 272 cm³/mol. The van der Waals surface area contributed by atoms with Gasteiger partial charge in [0.05, 0.1) is 22.6 Å². The van der Waals surface area contributed by atoms with Gasteiger partial charge in [0.1, 0.15) is 29.5 Å². The first-order valence-corrected chi connectivity index (χ1v) is 26.0. The Morgan fingerprint density at radius 1 is 0.947 bits per heavy atom. The molecule has 0 bridgehead atoms. The molecule has 20 heteroatoms. The second-order valence-corrected chi connectivity index (χ2v) is 20.8. The van der Waals surface area contributed by atoms with Crippen LogP contribution in [0.4, 0.5) is 28.2 Å². The molecule has 5 heterocycles. The molecule has 4 fully saturated rings. The topological polar surface area (TPSA) is 185 Å². The van der Waals surface area contributed by atoms with Crippen LogP contribution >= 0.6 is 11.6 Å². The summed E-state index contributed by atoms with van der Waals surface area (Å²) in [6.07, 6.45) is 8.85. The minimum absolute atomic E-state index is 0.0168. The summed E-state index contributed by atoms with van der Waals surface area (Å²) < 4.78 is 77.9. The molecule has 4 aliphatic heterocycles. The van der Waals surface area contributed by atoms with Crippen molar-refractivity contribution >= 4 is 52.1 Å². The van der Waals surface area contributed by atoms with E-state index >= 15 is 17.6 Å². The Kier molecular flexibility index (Phi) is 14.6. The van der Waals surface area contributed by atoms with Crippen molar-refractivity contribution in [2.45, 2.75) is 81.8 Å². The van der Waals surface area contributed by atoms with Crippen LogP contribution in [0, 0.1) is 35.1 Å². The number of piperidine rings is 1. The number of imide groups is 1. The van der Waals surface area contributed by atoms with Gasteiger partial charge in [-0.05, 0) is 93.4 Å². The number of rotatable bonds is 14. The maximum atomic E-state index is 16.4. The number of aliphatic hydroxyl groups excluding tert-OH is 1. The molecule has 1 aromatic heterocycles. The lowest BCUT2D eigenvalue weighted by molar-refractivity contribution is -0.138. The van der Waals surface area contributed by atoms with Gasteiger partial charge in [-0.15, -0.1) is 0 Å². The predicted octanol–water partition coefficient (Wildman–Crippen LogP) is 8.15. The van der Waals surface area contributed by atoms with E-state index in [0.717, 1.165) is 43.9 Å². The van der Waals surface area contributed by atoms with Crippen LogP contribution in [-0.4, -0.2) is 107 Å². The van der Waals surface area contributed by atoms with E-state index in [2.05, 4.69) is 20.6 Å². The van der Waals surface area contributed by atoms with Crippen molar-refractivity contribution in [2.24, 2.45) is 24.6 Å². The van der Waals surface area contributed by atoms with E-state index < -0.39 is 64.3 Å². The third kappa shape index (κ3) is 9.67. The highest BCUT2D eigenvalue weighted by atomic mass is 35.5. The van der Waals surface area contributed by atoms with Crippen LogP contribution in [0.2, 0.25) is 5.02 Å². The van der Waals surface area contributed by atoms with Gasteiger partial charge in [0.25, 0.3) is 0 Å². The summed E-state index contributed by atoms with van der Waals surface area (Å²) in [6.45, 7) is 4.52. The SMILES string of the molecule is C[C@H]1c2c(cc(F)c(Cl)c2-c2c(C(N)=O)ccc(OCCO)c2F)O[C@]1(/C=C\NC1CCC(C(=O)N2CCC(CN3CC[C@H](c4c(F)cc5c(N6CCC(=O)NC6=O)nn(C)c5c4F)C3)CC2)CC1)c1ccccc1. The van der Waals surface area contributed by atoms with Gasteiger partial charge >= 0.3 is 6.03 Å². The smallest absolute Gasteiger partial charge is 0.329 e. The molecule has 3 atom stereocenters. The van der Waals surface area contributed by atoms with Crippen LogP contribution in [0.3, 0.4) is 0 Å². The van der Waals surface area contributed by atoms with Gasteiger partial charge in [0, 0.05) is 98.3 Å². The molecule has 4 aromatic carbocycles. The third-order valence-corrected chi connectivity index (χ3v) is 16.4. The van der Waals surface area contributed by atoms with Gasteiger partial charge in [0.15, 0.2) is 28.8 Å². The van der Waals surface area contributed by atoms with Crippen molar-refractivity contribution in [3.63, 3.8) is 0 Å². The van der Waals surface area contributed by atoms with E-state index in [-0.39, 0.29) is 93.8 Å². The highest BCUT2D eigenvalue weighted by Crippen LogP contribution is 2.57. The summed E-state index contributed by atoms with van der Waals surface area (Å²) in [6, 6.07) is 13.6. The number of aliphatic hydroxyl groups is 1. The number of fused-ring (bicyclic) bond motifs is 2. The highest BCUT2D eigenvalue weighted by Gasteiger charge is 2.49. The number of hydrogen-bond donors (Lipinski definition) is 4. The molecule has 5 amide bonds. The highest BCUT2D eigenvalue weighted by molar-refractivity contribution is 6.34. The first-order valence-electron chi connectivity index (χ1n) is 25.6. The number of benzene rings is 4. The molecular weight excluding hydrogens is 996 g/mol. The zero-order valence-corrected chi connectivity index (χ0v) is 42.4. The van der Waals surface area contributed by atoms with Crippen LogP contribution in [0.5, 0.6) is 11.5 Å². The number of nitrogens with two attached hydrogens (primary N) is 1. The number of amides is 5. The van der Waals surface area contributed by atoms with Crippen molar-refractivity contribution in [2.75, 3.05) is 57.4 Å². The average molecular weight is 1060 g/mol. The van der Waals surface area contributed by atoms with Gasteiger partial charge in [-0.1, -0.05) is 48.9 Å². The summed E-state index contributed by atoms with van der Waals surface area (Å²) in [5.41, 5.74) is 5.02. The average Bonchev–Trinajstić information content (AvgIpc) is 4.07. The Balaban J connectivity index is 0.751. The Bertz CT molecular complexity index is 3090. The first-order chi connectivity index (χ1) is 36.1. The lowest BCUT2D eigenvalue weighted by atomic mass is 9.77. The number of carbonyl (C=O) groups excluding carboxylic acids is 4. The van der Waals surface area contributed by atoms with Crippen molar-refractivity contribution in [3.8, 4) is 22.6 Å². The summed E-state index contributed by atoms with van der Waals surface area (Å²) in [5, 5.41) is 19.2. The molecular formula is C55H59ClF4N8O7. The van der Waals surface area contributed by atoms with Gasteiger partial charge < -0.3 is 35.4 Å². The second kappa shape index (κ2) is 21.1. The van der Waals surface area contributed by atoms with Gasteiger partial charge in [-0.25, -0.2) is 22.4 Å². The number of carbonyl (C=O) groups is 4.